The molecule has 8 heteroatoms. The molecular formula is C12H22O8. The Morgan fingerprint density at radius 2 is 1.00 bits per heavy atom. The fourth-order valence-electron chi connectivity index (χ4n) is 0.601. The third-order valence-electron chi connectivity index (χ3n) is 1.36. The molecule has 0 aromatic carbocycles. The van der Waals surface area contributed by atoms with Crippen molar-refractivity contribution in [2.24, 2.45) is 0 Å². The molecule has 0 N–H and O–H groups in total. The van der Waals surface area contributed by atoms with Crippen LogP contribution in [-0.4, -0.2) is 23.1 Å². The molecule has 0 amide bonds. The topological polar surface area (TPSA) is 89.5 Å². The number of carbonyl (C=O) groups excluding carboxylic acids is 2. The van der Waals surface area contributed by atoms with E-state index >= 15 is 0 Å². The Kier molecular flexibility index (Phi) is 7.66. The Morgan fingerprint density at radius 3 is 1.25 bits per heavy atom. The number of carbonyl (C=O) groups is 2. The van der Waals surface area contributed by atoms with E-state index in [2.05, 4.69) is 19.9 Å². The summed E-state index contributed by atoms with van der Waals surface area (Å²) in [7, 11) is 0. The molecule has 0 saturated carbocycles. The lowest BCUT2D eigenvalue weighted by atomic mass is 10.2. The maximum Gasteiger partial charge on any atom is 0.346 e. The minimum Gasteiger partial charge on any atom is -0.269 e. The van der Waals surface area contributed by atoms with E-state index in [4.69, 9.17) is 9.78 Å². The molecule has 0 aliphatic carbocycles. The van der Waals surface area contributed by atoms with Crippen LogP contribution in [0.1, 0.15) is 54.4 Å². The first kappa shape index (κ1) is 18.8. The van der Waals surface area contributed by atoms with Crippen LogP contribution in [-0.2, 0) is 39.2 Å². The molecule has 0 aromatic rings. The van der Waals surface area contributed by atoms with E-state index in [1.165, 1.54) is 0 Å². The molecule has 0 aliphatic rings. The van der Waals surface area contributed by atoms with Gasteiger partial charge in [0.25, 0.3) is 0 Å². The first-order valence-corrected chi connectivity index (χ1v) is 6.10. The standard InChI is InChI=1S/C12H22O8/c1-11(2,3)17-19-15-9(13)7-8-10(14)16-20-18-12(4,5)6/h7-8H2,1-6H3. The molecule has 0 aliphatic heterocycles. The lowest BCUT2D eigenvalue weighted by Crippen LogP contribution is -2.22. The summed E-state index contributed by atoms with van der Waals surface area (Å²) in [5.74, 6) is -1.55. The van der Waals surface area contributed by atoms with Crippen molar-refractivity contribution in [3.8, 4) is 0 Å². The molecular weight excluding hydrogens is 272 g/mol. The van der Waals surface area contributed by atoms with Crippen molar-refractivity contribution in [3.63, 3.8) is 0 Å². The van der Waals surface area contributed by atoms with Gasteiger partial charge in [0.1, 0.15) is 0 Å². The Morgan fingerprint density at radius 1 is 0.700 bits per heavy atom. The average Bonchev–Trinajstić information content (AvgIpc) is 2.22. The predicted octanol–water partition coefficient (Wildman–Crippen LogP) is 2.18. The van der Waals surface area contributed by atoms with Gasteiger partial charge >= 0.3 is 11.9 Å². The summed E-state index contributed by atoms with van der Waals surface area (Å²) in [6, 6.07) is 0. The summed E-state index contributed by atoms with van der Waals surface area (Å²) in [6.45, 7) is 10.3. The number of hydrogen-bond donors (Lipinski definition) is 0. The molecule has 0 atom stereocenters. The van der Waals surface area contributed by atoms with Crippen LogP contribution in [0.3, 0.4) is 0 Å². The maximum atomic E-state index is 11.2. The summed E-state index contributed by atoms with van der Waals surface area (Å²) < 4.78 is 0. The van der Waals surface area contributed by atoms with Gasteiger partial charge in [-0.1, -0.05) is 0 Å². The number of rotatable bonds is 7. The van der Waals surface area contributed by atoms with Crippen LogP contribution in [0.25, 0.3) is 0 Å². The molecule has 0 unspecified atom stereocenters. The molecule has 0 radical (unpaired) electrons. The van der Waals surface area contributed by atoms with Crippen molar-refractivity contribution < 1.29 is 39.2 Å². The summed E-state index contributed by atoms with van der Waals surface area (Å²) in [5.41, 5.74) is -1.23. The van der Waals surface area contributed by atoms with E-state index in [1.54, 1.807) is 41.5 Å². The zero-order valence-corrected chi connectivity index (χ0v) is 12.7. The summed E-state index contributed by atoms with van der Waals surface area (Å²) in [6.07, 6.45) is -0.490. The third-order valence-corrected chi connectivity index (χ3v) is 1.36. The fourth-order valence-corrected chi connectivity index (χ4v) is 0.601. The van der Waals surface area contributed by atoms with E-state index in [-0.39, 0.29) is 12.8 Å². The largest absolute Gasteiger partial charge is 0.346 e. The van der Waals surface area contributed by atoms with Gasteiger partial charge in [-0.2, -0.15) is 9.78 Å². The Labute approximate surface area is 117 Å². The zero-order chi connectivity index (χ0) is 15.8. The predicted molar refractivity (Wildman–Crippen MR) is 65.3 cm³/mol. The van der Waals surface area contributed by atoms with E-state index in [0.717, 1.165) is 0 Å². The van der Waals surface area contributed by atoms with Gasteiger partial charge in [-0.05, 0) is 51.6 Å². The molecule has 0 aromatic heterocycles. The van der Waals surface area contributed by atoms with E-state index in [9.17, 15) is 9.59 Å². The van der Waals surface area contributed by atoms with Gasteiger partial charge in [0.15, 0.2) is 0 Å². The Hall–Kier alpha value is -1.22. The second-order valence-corrected chi connectivity index (χ2v) is 5.94. The monoisotopic (exact) mass is 294 g/mol. The fraction of sp³-hybridized carbons (Fsp3) is 0.833. The van der Waals surface area contributed by atoms with Gasteiger partial charge < -0.3 is 0 Å². The smallest absolute Gasteiger partial charge is 0.269 e. The molecule has 0 spiro atoms. The molecule has 20 heavy (non-hydrogen) atoms. The lowest BCUT2D eigenvalue weighted by Gasteiger charge is -2.15. The normalized spacial score (nSPS) is 12.1. The SMILES string of the molecule is CC(C)(C)OOOC(=O)CCC(=O)OOOC(C)(C)C. The Balaban J connectivity index is 3.66. The van der Waals surface area contributed by atoms with E-state index in [0.29, 0.717) is 0 Å². The summed E-state index contributed by atoms with van der Waals surface area (Å²) in [4.78, 5) is 40.3. The van der Waals surface area contributed by atoms with Gasteiger partial charge in [-0.25, -0.2) is 9.59 Å². The van der Waals surface area contributed by atoms with E-state index < -0.39 is 23.1 Å². The van der Waals surface area contributed by atoms with Gasteiger partial charge in [0, 0.05) is 0 Å². The highest BCUT2D eigenvalue weighted by molar-refractivity contribution is 5.76. The minimum absolute atomic E-state index is 0.245. The van der Waals surface area contributed by atoms with Crippen molar-refractivity contribution >= 4 is 11.9 Å². The molecule has 0 heterocycles. The van der Waals surface area contributed by atoms with Gasteiger partial charge in [-0.3, -0.25) is 9.78 Å². The molecule has 0 rings (SSSR count). The van der Waals surface area contributed by atoms with Crippen molar-refractivity contribution in [1.29, 1.82) is 0 Å². The number of hydrogen-bond acceptors (Lipinski definition) is 8. The highest BCUT2D eigenvalue weighted by Crippen LogP contribution is 2.09. The molecule has 0 bridgehead atoms. The minimum atomic E-state index is -0.775. The van der Waals surface area contributed by atoms with Crippen LogP contribution in [0.15, 0.2) is 0 Å². The van der Waals surface area contributed by atoms with Crippen LogP contribution >= 0.6 is 0 Å². The van der Waals surface area contributed by atoms with Crippen LogP contribution in [0.4, 0.5) is 0 Å². The summed E-state index contributed by atoms with van der Waals surface area (Å²) in [5, 5.41) is 8.52. The quantitative estimate of drug-likeness (QED) is 0.521. The van der Waals surface area contributed by atoms with Crippen LogP contribution in [0, 0.1) is 0 Å². The van der Waals surface area contributed by atoms with Crippen LogP contribution in [0.5, 0.6) is 0 Å². The van der Waals surface area contributed by atoms with Crippen LogP contribution < -0.4 is 0 Å². The molecule has 0 fully saturated rings. The average molecular weight is 294 g/mol. The zero-order valence-electron chi connectivity index (χ0n) is 12.7. The Bertz CT molecular complexity index is 280. The molecule has 0 saturated heterocycles. The van der Waals surface area contributed by atoms with Gasteiger partial charge in [0.05, 0.1) is 24.0 Å². The van der Waals surface area contributed by atoms with Crippen molar-refractivity contribution in [1.82, 2.24) is 0 Å². The second kappa shape index (κ2) is 8.15. The van der Waals surface area contributed by atoms with Crippen LogP contribution in [0.2, 0.25) is 0 Å². The van der Waals surface area contributed by atoms with Crippen molar-refractivity contribution in [3.05, 3.63) is 0 Å². The third kappa shape index (κ3) is 13.2. The van der Waals surface area contributed by atoms with E-state index in [1.807, 2.05) is 0 Å². The first-order chi connectivity index (χ1) is 8.99. The summed E-state index contributed by atoms with van der Waals surface area (Å²) >= 11 is 0. The maximum absolute atomic E-state index is 11.2. The highest BCUT2D eigenvalue weighted by Gasteiger charge is 2.17. The molecule has 118 valence electrons. The van der Waals surface area contributed by atoms with Gasteiger partial charge in [0.2, 0.25) is 0 Å². The lowest BCUT2D eigenvalue weighted by molar-refractivity contribution is -0.516. The second-order valence-electron chi connectivity index (χ2n) is 5.94. The van der Waals surface area contributed by atoms with Crippen molar-refractivity contribution in [2.75, 3.05) is 0 Å². The van der Waals surface area contributed by atoms with Gasteiger partial charge in [-0.15, -0.1) is 0 Å². The highest BCUT2D eigenvalue weighted by atomic mass is 17.5. The van der Waals surface area contributed by atoms with Crippen molar-refractivity contribution in [2.45, 2.75) is 65.6 Å². The molecule has 8 nitrogen and oxygen atoms in total. The first-order valence-electron chi connectivity index (χ1n) is 6.10.